The number of alkyl halides is 3. The molecule has 110 valence electrons. The van der Waals surface area contributed by atoms with Gasteiger partial charge in [0.2, 0.25) is 0 Å². The van der Waals surface area contributed by atoms with Gasteiger partial charge in [-0.05, 0) is 26.0 Å². The third-order valence-electron chi connectivity index (χ3n) is 2.65. The number of carbonyl (C=O) groups excluding carboxylic acids is 1. The van der Waals surface area contributed by atoms with Crippen molar-refractivity contribution >= 4 is 11.7 Å². The number of nitrogens with zero attached hydrogens (tertiary/aromatic N) is 1. The van der Waals surface area contributed by atoms with Crippen molar-refractivity contribution in [2.45, 2.75) is 25.6 Å². The minimum absolute atomic E-state index is 0.324. The molecule has 0 aliphatic rings. The number of halogens is 3. The highest BCUT2D eigenvalue weighted by Crippen LogP contribution is 2.31. The lowest BCUT2D eigenvalue weighted by Crippen LogP contribution is -2.53. The van der Waals surface area contributed by atoms with Gasteiger partial charge in [0, 0.05) is 0 Å². The van der Waals surface area contributed by atoms with E-state index in [2.05, 4.69) is 10.5 Å². The van der Waals surface area contributed by atoms with Gasteiger partial charge in [-0.2, -0.15) is 13.2 Å². The molecule has 1 amide bonds. The Kier molecular flexibility index (Phi) is 4.26. The van der Waals surface area contributed by atoms with E-state index in [1.165, 1.54) is 26.0 Å². The van der Waals surface area contributed by atoms with Gasteiger partial charge in [0.05, 0.1) is 16.7 Å². The van der Waals surface area contributed by atoms with Crippen LogP contribution in [0.1, 0.15) is 29.8 Å². The van der Waals surface area contributed by atoms with Crippen molar-refractivity contribution in [3.05, 3.63) is 35.4 Å². The Bertz CT molecular complexity index is 539. The highest BCUT2D eigenvalue weighted by Gasteiger charge is 2.36. The van der Waals surface area contributed by atoms with Crippen LogP contribution in [0.5, 0.6) is 0 Å². The second-order valence-electron chi connectivity index (χ2n) is 4.61. The highest BCUT2D eigenvalue weighted by atomic mass is 19.4. The summed E-state index contributed by atoms with van der Waals surface area (Å²) in [5.74, 6) is -1.29. The van der Waals surface area contributed by atoms with Gasteiger partial charge in [-0.15, -0.1) is 0 Å². The minimum Gasteiger partial charge on any atom is -0.409 e. The standard InChI is InChI=1S/C12H14F3N3O2/c1-11(2,10(16)18-20)17-9(19)7-5-3-4-6-8(7)12(13,14)15/h3-6,20H,1-2H3,(H2,16,18)(H,17,19). The summed E-state index contributed by atoms with van der Waals surface area (Å²) < 4.78 is 38.4. The molecular weight excluding hydrogens is 275 g/mol. The van der Waals surface area contributed by atoms with Crippen molar-refractivity contribution in [2.75, 3.05) is 0 Å². The Hall–Kier alpha value is -2.25. The Morgan fingerprint density at radius 1 is 1.30 bits per heavy atom. The number of amidine groups is 1. The van der Waals surface area contributed by atoms with Crippen LogP contribution in [-0.4, -0.2) is 22.5 Å². The third kappa shape index (κ3) is 3.40. The summed E-state index contributed by atoms with van der Waals surface area (Å²) in [6.45, 7) is 2.80. The van der Waals surface area contributed by atoms with Crippen LogP contribution in [0, 0.1) is 0 Å². The second-order valence-corrected chi connectivity index (χ2v) is 4.61. The molecule has 1 aromatic rings. The first-order chi connectivity index (χ1) is 9.09. The topological polar surface area (TPSA) is 87.7 Å². The molecule has 1 rings (SSSR count). The fourth-order valence-electron chi connectivity index (χ4n) is 1.47. The average molecular weight is 289 g/mol. The summed E-state index contributed by atoms with van der Waals surface area (Å²) in [5, 5.41) is 13.6. The largest absolute Gasteiger partial charge is 0.417 e. The first-order valence-corrected chi connectivity index (χ1v) is 5.56. The van der Waals surface area contributed by atoms with Crippen LogP contribution in [0.3, 0.4) is 0 Å². The molecule has 0 aromatic heterocycles. The van der Waals surface area contributed by atoms with E-state index in [1.54, 1.807) is 0 Å². The van der Waals surface area contributed by atoms with Gasteiger partial charge in [-0.1, -0.05) is 17.3 Å². The number of oxime groups is 1. The number of nitrogens with one attached hydrogen (secondary N) is 1. The molecule has 0 bridgehead atoms. The van der Waals surface area contributed by atoms with Gasteiger partial charge in [0.25, 0.3) is 5.91 Å². The number of carbonyl (C=O) groups is 1. The van der Waals surface area contributed by atoms with E-state index in [0.29, 0.717) is 0 Å². The molecule has 0 aliphatic heterocycles. The van der Waals surface area contributed by atoms with Gasteiger partial charge < -0.3 is 16.3 Å². The van der Waals surface area contributed by atoms with E-state index < -0.39 is 28.7 Å². The fraction of sp³-hybridized carbons (Fsp3) is 0.333. The van der Waals surface area contributed by atoms with Crippen LogP contribution in [0.15, 0.2) is 29.4 Å². The van der Waals surface area contributed by atoms with Crippen molar-refractivity contribution in [3.8, 4) is 0 Å². The zero-order valence-corrected chi connectivity index (χ0v) is 10.8. The number of rotatable bonds is 3. The Morgan fingerprint density at radius 3 is 2.35 bits per heavy atom. The fourth-order valence-corrected chi connectivity index (χ4v) is 1.47. The molecule has 0 spiro atoms. The summed E-state index contributed by atoms with van der Waals surface area (Å²) in [5.41, 5.74) is 2.50. The molecule has 5 nitrogen and oxygen atoms in total. The second kappa shape index (κ2) is 5.40. The average Bonchev–Trinajstić information content (AvgIpc) is 2.36. The van der Waals surface area contributed by atoms with Crippen molar-refractivity contribution in [1.29, 1.82) is 0 Å². The van der Waals surface area contributed by atoms with E-state index in [0.717, 1.165) is 12.1 Å². The zero-order valence-electron chi connectivity index (χ0n) is 10.8. The maximum absolute atomic E-state index is 12.8. The van der Waals surface area contributed by atoms with E-state index in [9.17, 15) is 18.0 Å². The lowest BCUT2D eigenvalue weighted by atomic mass is 10.0. The summed E-state index contributed by atoms with van der Waals surface area (Å²) in [7, 11) is 0. The van der Waals surface area contributed by atoms with Gasteiger partial charge in [-0.25, -0.2) is 0 Å². The first-order valence-electron chi connectivity index (χ1n) is 5.56. The smallest absolute Gasteiger partial charge is 0.409 e. The molecule has 4 N–H and O–H groups in total. The van der Waals surface area contributed by atoms with Crippen molar-refractivity contribution in [3.63, 3.8) is 0 Å². The van der Waals surface area contributed by atoms with E-state index in [4.69, 9.17) is 10.9 Å². The Labute approximate surface area is 113 Å². The predicted molar refractivity (Wildman–Crippen MR) is 66.4 cm³/mol. The molecule has 1 aromatic carbocycles. The minimum atomic E-state index is -4.64. The monoisotopic (exact) mass is 289 g/mol. The maximum atomic E-state index is 12.8. The Morgan fingerprint density at radius 2 is 1.85 bits per heavy atom. The molecule has 0 unspecified atom stereocenters. The van der Waals surface area contributed by atoms with Gasteiger partial charge >= 0.3 is 6.18 Å². The summed E-state index contributed by atoms with van der Waals surface area (Å²) >= 11 is 0. The zero-order chi connectivity index (χ0) is 15.6. The normalized spacial score (nSPS) is 13.2. The van der Waals surface area contributed by atoms with Crippen molar-refractivity contribution in [1.82, 2.24) is 5.32 Å². The Balaban J connectivity index is 3.12. The van der Waals surface area contributed by atoms with Crippen molar-refractivity contribution in [2.24, 2.45) is 10.9 Å². The molecule has 20 heavy (non-hydrogen) atoms. The number of hydrogen-bond donors (Lipinski definition) is 3. The van der Waals surface area contributed by atoms with Crippen LogP contribution in [0.2, 0.25) is 0 Å². The third-order valence-corrected chi connectivity index (χ3v) is 2.65. The lowest BCUT2D eigenvalue weighted by Gasteiger charge is -2.25. The van der Waals surface area contributed by atoms with Crippen LogP contribution in [0.4, 0.5) is 13.2 Å². The molecule has 0 fully saturated rings. The highest BCUT2D eigenvalue weighted by molar-refractivity contribution is 6.00. The van der Waals surface area contributed by atoms with Crippen molar-refractivity contribution < 1.29 is 23.2 Å². The molecule has 0 heterocycles. The number of hydrogen-bond acceptors (Lipinski definition) is 3. The van der Waals surface area contributed by atoms with Gasteiger partial charge in [0.1, 0.15) is 0 Å². The summed E-state index contributed by atoms with van der Waals surface area (Å²) in [6.07, 6.45) is -4.64. The lowest BCUT2D eigenvalue weighted by molar-refractivity contribution is -0.137. The van der Waals surface area contributed by atoms with Crippen LogP contribution in [-0.2, 0) is 6.18 Å². The quantitative estimate of drug-likeness (QED) is 0.344. The van der Waals surface area contributed by atoms with E-state index in [-0.39, 0.29) is 5.84 Å². The molecule has 0 radical (unpaired) electrons. The number of nitrogens with two attached hydrogens (primary N) is 1. The predicted octanol–water partition coefficient (Wildman–Crippen LogP) is 1.96. The number of amides is 1. The molecule has 0 saturated heterocycles. The van der Waals surface area contributed by atoms with E-state index in [1.807, 2.05) is 0 Å². The molecule has 0 saturated carbocycles. The van der Waals surface area contributed by atoms with Gasteiger partial charge in [-0.3, -0.25) is 4.79 Å². The maximum Gasteiger partial charge on any atom is 0.417 e. The van der Waals surface area contributed by atoms with Crippen LogP contribution >= 0.6 is 0 Å². The first kappa shape index (κ1) is 15.8. The molecule has 0 atom stereocenters. The number of benzene rings is 1. The summed E-state index contributed by atoms with van der Waals surface area (Å²) in [4.78, 5) is 11.9. The molecular formula is C12H14F3N3O2. The van der Waals surface area contributed by atoms with Gasteiger partial charge in [0.15, 0.2) is 5.84 Å². The SMILES string of the molecule is CC(C)(NC(=O)c1ccccc1C(F)(F)F)/C(N)=N/O. The van der Waals surface area contributed by atoms with Crippen LogP contribution in [0.25, 0.3) is 0 Å². The van der Waals surface area contributed by atoms with Crippen LogP contribution < -0.4 is 11.1 Å². The summed E-state index contributed by atoms with van der Waals surface area (Å²) in [6, 6.07) is 4.38. The van der Waals surface area contributed by atoms with E-state index >= 15 is 0 Å². The molecule has 0 aliphatic carbocycles. The molecule has 8 heteroatoms.